The van der Waals surface area contributed by atoms with Gasteiger partial charge in [0.05, 0.1) is 21.2 Å². The largest absolute Gasteiger partial charge is 0.352 e. The van der Waals surface area contributed by atoms with Crippen LogP contribution in [0.15, 0.2) is 58.8 Å². The molecule has 3 rings (SSSR count). The van der Waals surface area contributed by atoms with Crippen molar-refractivity contribution in [3.8, 4) is 0 Å². The lowest BCUT2D eigenvalue weighted by molar-refractivity contribution is 0.0954. The normalized spacial score (nSPS) is 11.3. The van der Waals surface area contributed by atoms with E-state index in [9.17, 15) is 13.2 Å². The number of benzene rings is 2. The first kappa shape index (κ1) is 21.6. The average Bonchev–Trinajstić information content (AvgIpc) is 3.18. The molecule has 0 aliphatic rings. The predicted octanol–water partition coefficient (Wildman–Crippen LogP) is 5.14. The highest BCUT2D eigenvalue weighted by Gasteiger charge is 2.19. The van der Waals surface area contributed by atoms with Gasteiger partial charge in [-0.3, -0.25) is 9.52 Å². The first-order valence-corrected chi connectivity index (χ1v) is 11.8. The molecule has 0 radical (unpaired) electrons. The number of nitrogens with one attached hydrogen (secondary N) is 2. The molecular formula is C20H18Cl2N2O3S2. The van der Waals surface area contributed by atoms with Crippen molar-refractivity contribution in [2.45, 2.75) is 18.2 Å². The van der Waals surface area contributed by atoms with Gasteiger partial charge in [-0.1, -0.05) is 35.3 Å². The highest BCUT2D eigenvalue weighted by atomic mass is 35.5. The van der Waals surface area contributed by atoms with Crippen molar-refractivity contribution in [1.82, 2.24) is 5.32 Å². The maximum Gasteiger partial charge on any atom is 0.261 e. The molecule has 0 bridgehead atoms. The molecule has 5 nitrogen and oxygen atoms in total. The lowest BCUT2D eigenvalue weighted by Gasteiger charge is -2.12. The van der Waals surface area contributed by atoms with Crippen LogP contribution in [0.1, 0.15) is 20.8 Å². The fraction of sp³-hybridized carbons (Fsp3) is 0.150. The van der Waals surface area contributed by atoms with E-state index in [0.717, 1.165) is 10.4 Å². The molecule has 1 heterocycles. The molecule has 0 spiro atoms. The molecule has 0 saturated heterocycles. The van der Waals surface area contributed by atoms with Crippen molar-refractivity contribution in [2.24, 2.45) is 0 Å². The Kier molecular flexibility index (Phi) is 6.85. The monoisotopic (exact) mass is 468 g/mol. The number of thiophene rings is 1. The summed E-state index contributed by atoms with van der Waals surface area (Å²) in [5, 5.41) is 5.37. The van der Waals surface area contributed by atoms with E-state index in [4.69, 9.17) is 23.2 Å². The third-order valence-corrected chi connectivity index (χ3v) is 7.21. The van der Waals surface area contributed by atoms with Crippen molar-refractivity contribution < 1.29 is 13.2 Å². The van der Waals surface area contributed by atoms with Crippen LogP contribution in [-0.4, -0.2) is 20.9 Å². The summed E-state index contributed by atoms with van der Waals surface area (Å²) in [7, 11) is -3.92. The second-order valence-electron chi connectivity index (χ2n) is 6.30. The molecule has 2 aromatic carbocycles. The maximum atomic E-state index is 12.7. The van der Waals surface area contributed by atoms with Gasteiger partial charge in [0.1, 0.15) is 0 Å². The number of sulfonamides is 1. The van der Waals surface area contributed by atoms with Gasteiger partial charge in [0.2, 0.25) is 0 Å². The second-order valence-corrected chi connectivity index (χ2v) is 9.83. The number of carbonyl (C=O) groups is 1. The van der Waals surface area contributed by atoms with Crippen LogP contribution in [0, 0.1) is 6.92 Å². The van der Waals surface area contributed by atoms with Gasteiger partial charge in [-0.15, -0.1) is 11.3 Å². The maximum absolute atomic E-state index is 12.7. The molecule has 1 amide bonds. The summed E-state index contributed by atoms with van der Waals surface area (Å²) in [6.45, 7) is 2.25. The summed E-state index contributed by atoms with van der Waals surface area (Å²) in [6, 6.07) is 12.8. The molecular weight excluding hydrogens is 451 g/mol. The zero-order valence-electron chi connectivity index (χ0n) is 15.4. The molecule has 0 saturated carbocycles. The lowest BCUT2D eigenvalue weighted by atomic mass is 10.2. The van der Waals surface area contributed by atoms with Crippen LogP contribution < -0.4 is 10.0 Å². The van der Waals surface area contributed by atoms with Crippen LogP contribution in [0.4, 0.5) is 5.69 Å². The van der Waals surface area contributed by atoms with Gasteiger partial charge >= 0.3 is 0 Å². The Labute approximate surface area is 183 Å². The van der Waals surface area contributed by atoms with E-state index in [1.54, 1.807) is 23.5 Å². The molecule has 9 heteroatoms. The fourth-order valence-corrected chi connectivity index (χ4v) is 4.73. The van der Waals surface area contributed by atoms with Crippen LogP contribution in [-0.2, 0) is 16.4 Å². The topological polar surface area (TPSA) is 75.3 Å². The Morgan fingerprint density at radius 1 is 1.07 bits per heavy atom. The van der Waals surface area contributed by atoms with Gasteiger partial charge < -0.3 is 5.32 Å². The van der Waals surface area contributed by atoms with Crippen molar-refractivity contribution in [3.63, 3.8) is 0 Å². The molecule has 2 N–H and O–H groups in total. The third kappa shape index (κ3) is 5.51. The van der Waals surface area contributed by atoms with E-state index in [1.807, 2.05) is 24.4 Å². The number of halogens is 2. The number of anilines is 1. The quantitative estimate of drug-likeness (QED) is 0.504. The van der Waals surface area contributed by atoms with Gasteiger partial charge in [-0.25, -0.2) is 8.42 Å². The molecule has 0 unspecified atom stereocenters. The van der Waals surface area contributed by atoms with E-state index in [1.165, 1.54) is 24.3 Å². The fourth-order valence-electron chi connectivity index (χ4n) is 2.57. The van der Waals surface area contributed by atoms with Gasteiger partial charge in [0.15, 0.2) is 0 Å². The van der Waals surface area contributed by atoms with Gasteiger partial charge in [0, 0.05) is 16.4 Å². The Hall–Kier alpha value is -2.06. The minimum Gasteiger partial charge on any atom is -0.352 e. The van der Waals surface area contributed by atoms with Crippen molar-refractivity contribution in [3.05, 3.63) is 80.0 Å². The first-order chi connectivity index (χ1) is 13.8. The predicted molar refractivity (Wildman–Crippen MR) is 119 cm³/mol. The van der Waals surface area contributed by atoms with E-state index in [0.29, 0.717) is 23.7 Å². The molecule has 3 aromatic rings. The molecule has 0 fully saturated rings. The SMILES string of the molecule is Cc1ccc(NS(=O)(=O)c2ccc(Cl)c(C(=O)NCCc3cccs3)c2)cc1Cl. The number of aryl methyl sites for hydroxylation is 1. The third-order valence-electron chi connectivity index (χ3n) is 4.15. The van der Waals surface area contributed by atoms with E-state index in [-0.39, 0.29) is 15.5 Å². The molecule has 29 heavy (non-hydrogen) atoms. The standard InChI is InChI=1S/C20H18Cl2N2O3S2/c1-13-4-5-14(11-19(13)22)24-29(26,27)16-6-7-18(21)17(12-16)20(25)23-9-8-15-3-2-10-28-15/h2-7,10-12,24H,8-9H2,1H3,(H,23,25). The minimum absolute atomic E-state index is 0.0676. The van der Waals surface area contributed by atoms with Gasteiger partial charge in [-0.2, -0.15) is 0 Å². The van der Waals surface area contributed by atoms with Crippen molar-refractivity contribution in [2.75, 3.05) is 11.3 Å². The van der Waals surface area contributed by atoms with Crippen LogP contribution in [0.5, 0.6) is 0 Å². The molecule has 0 atom stereocenters. The van der Waals surface area contributed by atoms with Crippen molar-refractivity contribution in [1.29, 1.82) is 0 Å². The Bertz CT molecular complexity index is 1130. The molecule has 0 aliphatic carbocycles. The molecule has 152 valence electrons. The highest BCUT2D eigenvalue weighted by molar-refractivity contribution is 7.92. The van der Waals surface area contributed by atoms with Crippen LogP contribution in [0.3, 0.4) is 0 Å². The highest BCUT2D eigenvalue weighted by Crippen LogP contribution is 2.25. The molecule has 1 aromatic heterocycles. The van der Waals surface area contributed by atoms with Crippen LogP contribution in [0.2, 0.25) is 10.0 Å². The molecule has 0 aliphatic heterocycles. The summed E-state index contributed by atoms with van der Waals surface area (Å²) >= 11 is 13.8. The summed E-state index contributed by atoms with van der Waals surface area (Å²) in [5.74, 6) is -0.429. The Morgan fingerprint density at radius 3 is 2.55 bits per heavy atom. The number of rotatable bonds is 7. The van der Waals surface area contributed by atoms with Gasteiger partial charge in [0.25, 0.3) is 15.9 Å². The summed E-state index contributed by atoms with van der Waals surface area (Å²) < 4.78 is 27.9. The Morgan fingerprint density at radius 2 is 1.86 bits per heavy atom. The van der Waals surface area contributed by atoms with Crippen LogP contribution >= 0.6 is 34.5 Å². The second kappa shape index (κ2) is 9.17. The van der Waals surface area contributed by atoms with E-state index >= 15 is 0 Å². The summed E-state index contributed by atoms with van der Waals surface area (Å²) in [5.41, 5.74) is 1.27. The number of carbonyl (C=O) groups excluding carboxylic acids is 1. The first-order valence-electron chi connectivity index (χ1n) is 8.65. The lowest BCUT2D eigenvalue weighted by Crippen LogP contribution is -2.26. The van der Waals surface area contributed by atoms with E-state index < -0.39 is 15.9 Å². The zero-order chi connectivity index (χ0) is 21.0. The minimum atomic E-state index is -3.92. The zero-order valence-corrected chi connectivity index (χ0v) is 18.6. The number of amides is 1. The van der Waals surface area contributed by atoms with Crippen molar-refractivity contribution >= 4 is 56.2 Å². The average molecular weight is 469 g/mol. The Balaban J connectivity index is 1.75. The summed E-state index contributed by atoms with van der Waals surface area (Å²) in [4.78, 5) is 13.6. The van der Waals surface area contributed by atoms with Crippen LogP contribution in [0.25, 0.3) is 0 Å². The van der Waals surface area contributed by atoms with Gasteiger partial charge in [-0.05, 0) is 60.7 Å². The summed E-state index contributed by atoms with van der Waals surface area (Å²) in [6.07, 6.45) is 0.689. The number of hydrogen-bond donors (Lipinski definition) is 2. The van der Waals surface area contributed by atoms with E-state index in [2.05, 4.69) is 10.0 Å². The number of hydrogen-bond acceptors (Lipinski definition) is 4. The smallest absolute Gasteiger partial charge is 0.261 e.